The van der Waals surface area contributed by atoms with Crippen molar-refractivity contribution >= 4 is 60.8 Å². The second-order valence-electron chi connectivity index (χ2n) is 7.44. The van der Waals surface area contributed by atoms with E-state index in [4.69, 9.17) is 16.6 Å². The van der Waals surface area contributed by atoms with Gasteiger partial charge in [0.1, 0.15) is 0 Å². The highest BCUT2D eigenvalue weighted by molar-refractivity contribution is 9.10. The number of amides is 1. The lowest BCUT2D eigenvalue weighted by Gasteiger charge is -2.10. The fourth-order valence-electron chi connectivity index (χ4n) is 3.58. The number of thiazole rings is 1. The van der Waals surface area contributed by atoms with Gasteiger partial charge in [-0.05, 0) is 35.9 Å². The maximum absolute atomic E-state index is 13.3. The van der Waals surface area contributed by atoms with Crippen molar-refractivity contribution in [3.8, 4) is 11.3 Å². The average Bonchev–Trinajstić information content (AvgIpc) is 3.27. The molecule has 0 aliphatic heterocycles. The number of halogens is 2. The van der Waals surface area contributed by atoms with E-state index in [0.29, 0.717) is 17.1 Å². The van der Waals surface area contributed by atoms with Gasteiger partial charge in [-0.25, -0.2) is 9.97 Å². The zero-order chi connectivity index (χ0) is 22.8. The molecule has 33 heavy (non-hydrogen) atoms. The smallest absolute Gasteiger partial charge is 0.258 e. The van der Waals surface area contributed by atoms with Crippen LogP contribution in [-0.2, 0) is 6.42 Å². The molecular weight excluding hydrogens is 518 g/mol. The summed E-state index contributed by atoms with van der Waals surface area (Å²) in [6, 6.07) is 25.1. The van der Waals surface area contributed by atoms with E-state index in [2.05, 4.69) is 26.2 Å². The summed E-state index contributed by atoms with van der Waals surface area (Å²) in [5.41, 5.74) is 4.02. The molecule has 0 saturated heterocycles. The minimum absolute atomic E-state index is 0.226. The third-order valence-electron chi connectivity index (χ3n) is 5.18. The van der Waals surface area contributed by atoms with Crippen LogP contribution in [0.1, 0.15) is 20.8 Å². The first kappa shape index (κ1) is 21.8. The normalized spacial score (nSPS) is 11.0. The number of nitrogens with zero attached hydrogens (tertiary/aromatic N) is 2. The molecule has 0 fully saturated rings. The maximum atomic E-state index is 13.3. The van der Waals surface area contributed by atoms with Crippen LogP contribution in [0.2, 0.25) is 5.02 Å². The zero-order valence-corrected chi connectivity index (χ0v) is 20.4. The minimum atomic E-state index is -0.226. The molecule has 0 aliphatic carbocycles. The van der Waals surface area contributed by atoms with Gasteiger partial charge in [0.05, 0.1) is 16.8 Å². The van der Waals surface area contributed by atoms with E-state index in [1.807, 2.05) is 78.9 Å². The number of hydrogen-bond acceptors (Lipinski definition) is 4. The Kier molecular flexibility index (Phi) is 6.22. The number of nitrogens with one attached hydrogen (secondary N) is 1. The van der Waals surface area contributed by atoms with Crippen LogP contribution in [0.25, 0.3) is 22.2 Å². The molecular formula is C26H17BrClN3OS. The van der Waals surface area contributed by atoms with E-state index >= 15 is 0 Å². The molecule has 0 unspecified atom stereocenters. The summed E-state index contributed by atoms with van der Waals surface area (Å²) in [4.78, 5) is 23.5. The van der Waals surface area contributed by atoms with Crippen LogP contribution >= 0.6 is 38.9 Å². The Morgan fingerprint density at radius 2 is 1.79 bits per heavy atom. The fourth-order valence-corrected chi connectivity index (χ4v) is 4.98. The van der Waals surface area contributed by atoms with Crippen molar-refractivity contribution in [1.82, 2.24) is 9.97 Å². The van der Waals surface area contributed by atoms with Crippen molar-refractivity contribution in [2.24, 2.45) is 0 Å². The van der Waals surface area contributed by atoms with Crippen LogP contribution in [0.5, 0.6) is 0 Å². The van der Waals surface area contributed by atoms with Gasteiger partial charge in [-0.15, -0.1) is 11.3 Å². The van der Waals surface area contributed by atoms with Crippen molar-refractivity contribution in [2.45, 2.75) is 6.42 Å². The topological polar surface area (TPSA) is 54.9 Å². The quantitative estimate of drug-likeness (QED) is 0.252. The van der Waals surface area contributed by atoms with Gasteiger partial charge in [-0.1, -0.05) is 76.1 Å². The Morgan fingerprint density at radius 3 is 2.61 bits per heavy atom. The van der Waals surface area contributed by atoms with Gasteiger partial charge in [0.25, 0.3) is 5.91 Å². The molecule has 2 heterocycles. The number of pyridine rings is 1. The first-order valence-corrected chi connectivity index (χ1v) is 12.2. The van der Waals surface area contributed by atoms with Crippen molar-refractivity contribution in [3.05, 3.63) is 111 Å². The van der Waals surface area contributed by atoms with Crippen LogP contribution in [0.4, 0.5) is 5.13 Å². The maximum Gasteiger partial charge on any atom is 0.258 e. The third kappa shape index (κ3) is 4.83. The second kappa shape index (κ2) is 9.43. The van der Waals surface area contributed by atoms with Crippen molar-refractivity contribution in [2.75, 3.05) is 5.32 Å². The van der Waals surface area contributed by atoms with Crippen LogP contribution in [0.15, 0.2) is 89.5 Å². The zero-order valence-electron chi connectivity index (χ0n) is 17.3. The SMILES string of the molecule is O=C(Nc1ncc(Cc2ccccc2Cl)s1)c1cc(-c2ccccc2)nc2ccc(Br)cc12. The molecule has 0 aliphatic rings. The van der Waals surface area contributed by atoms with E-state index in [0.717, 1.165) is 42.1 Å². The number of benzene rings is 3. The molecule has 0 spiro atoms. The lowest BCUT2D eigenvalue weighted by atomic mass is 10.0. The van der Waals surface area contributed by atoms with Gasteiger partial charge in [0.2, 0.25) is 0 Å². The number of carbonyl (C=O) groups excluding carboxylic acids is 1. The Bertz CT molecular complexity index is 1470. The van der Waals surface area contributed by atoms with E-state index < -0.39 is 0 Å². The molecule has 3 aromatic carbocycles. The standard InChI is InChI=1S/C26H17BrClN3OS/c27-18-10-11-23-20(13-18)21(14-24(30-23)16-6-2-1-3-7-16)25(32)31-26-29-15-19(33-26)12-17-8-4-5-9-22(17)28/h1-11,13-15H,12H2,(H,29,31,32). The number of carbonyl (C=O) groups is 1. The van der Waals surface area contributed by atoms with Gasteiger partial charge in [0, 0.05) is 37.9 Å². The largest absolute Gasteiger partial charge is 0.298 e. The van der Waals surface area contributed by atoms with Gasteiger partial charge in [0.15, 0.2) is 5.13 Å². The first-order chi connectivity index (χ1) is 16.1. The predicted octanol–water partition coefficient (Wildman–Crippen LogP) is 7.62. The Balaban J connectivity index is 1.46. The van der Waals surface area contributed by atoms with Crippen molar-refractivity contribution in [3.63, 3.8) is 0 Å². The monoisotopic (exact) mass is 533 g/mol. The third-order valence-corrected chi connectivity index (χ3v) is 6.96. The minimum Gasteiger partial charge on any atom is -0.298 e. The van der Waals surface area contributed by atoms with E-state index in [-0.39, 0.29) is 5.91 Å². The summed E-state index contributed by atoms with van der Waals surface area (Å²) >= 11 is 11.2. The van der Waals surface area contributed by atoms with E-state index in [1.54, 1.807) is 6.20 Å². The summed E-state index contributed by atoms with van der Waals surface area (Å²) in [6.45, 7) is 0. The summed E-state index contributed by atoms with van der Waals surface area (Å²) in [7, 11) is 0. The lowest BCUT2D eigenvalue weighted by Crippen LogP contribution is -2.13. The highest BCUT2D eigenvalue weighted by Gasteiger charge is 2.16. The average molecular weight is 535 g/mol. The van der Waals surface area contributed by atoms with Crippen molar-refractivity contribution < 1.29 is 4.79 Å². The molecule has 0 radical (unpaired) electrons. The fraction of sp³-hybridized carbons (Fsp3) is 0.0385. The molecule has 2 aromatic heterocycles. The molecule has 0 atom stereocenters. The van der Waals surface area contributed by atoms with Gasteiger partial charge in [-0.2, -0.15) is 0 Å². The molecule has 5 aromatic rings. The number of rotatable bonds is 5. The molecule has 162 valence electrons. The molecule has 7 heteroatoms. The van der Waals surface area contributed by atoms with Crippen LogP contribution in [-0.4, -0.2) is 15.9 Å². The van der Waals surface area contributed by atoms with E-state index in [9.17, 15) is 4.79 Å². The Morgan fingerprint density at radius 1 is 1.00 bits per heavy atom. The number of aromatic nitrogens is 2. The highest BCUT2D eigenvalue weighted by Crippen LogP contribution is 2.29. The molecule has 1 amide bonds. The van der Waals surface area contributed by atoms with Crippen molar-refractivity contribution in [1.29, 1.82) is 0 Å². The summed E-state index contributed by atoms with van der Waals surface area (Å²) < 4.78 is 0.884. The van der Waals surface area contributed by atoms with Gasteiger partial charge in [-0.3, -0.25) is 10.1 Å². The first-order valence-electron chi connectivity index (χ1n) is 10.2. The van der Waals surface area contributed by atoms with Gasteiger partial charge >= 0.3 is 0 Å². The number of hydrogen-bond donors (Lipinski definition) is 1. The van der Waals surface area contributed by atoms with E-state index in [1.165, 1.54) is 11.3 Å². The lowest BCUT2D eigenvalue weighted by molar-refractivity contribution is 0.102. The molecule has 0 bridgehead atoms. The summed E-state index contributed by atoms with van der Waals surface area (Å²) in [6.07, 6.45) is 2.44. The molecule has 4 nitrogen and oxygen atoms in total. The number of anilines is 1. The highest BCUT2D eigenvalue weighted by atomic mass is 79.9. The van der Waals surface area contributed by atoms with Crippen LogP contribution < -0.4 is 5.32 Å². The number of fused-ring (bicyclic) bond motifs is 1. The molecule has 1 N–H and O–H groups in total. The summed E-state index contributed by atoms with van der Waals surface area (Å²) in [5.74, 6) is -0.226. The predicted molar refractivity (Wildman–Crippen MR) is 139 cm³/mol. The molecule has 0 saturated carbocycles. The molecule has 5 rings (SSSR count). The Labute approximate surface area is 208 Å². The van der Waals surface area contributed by atoms with Crippen LogP contribution in [0.3, 0.4) is 0 Å². The second-order valence-corrected chi connectivity index (χ2v) is 9.87. The Hall–Kier alpha value is -3.06. The van der Waals surface area contributed by atoms with Crippen LogP contribution in [0, 0.1) is 0 Å². The summed E-state index contributed by atoms with van der Waals surface area (Å²) in [5, 5.41) is 5.00. The van der Waals surface area contributed by atoms with Gasteiger partial charge < -0.3 is 0 Å².